The fourth-order valence-electron chi connectivity index (χ4n) is 2.26. The highest BCUT2D eigenvalue weighted by Crippen LogP contribution is 2.25. The lowest BCUT2D eigenvalue weighted by Gasteiger charge is -2.23. The molecular weight excluding hydrogens is 345 g/mol. The summed E-state index contributed by atoms with van der Waals surface area (Å²) in [5, 5.41) is 2.57. The lowest BCUT2D eigenvalue weighted by atomic mass is 10.0. The summed E-state index contributed by atoms with van der Waals surface area (Å²) in [6, 6.07) is 1.49. The molecule has 0 saturated heterocycles. The minimum atomic E-state index is -3.95. The first kappa shape index (κ1) is 20.3. The summed E-state index contributed by atoms with van der Waals surface area (Å²) in [7, 11) is -3.95. The normalized spacial score (nSPS) is 11.6. The van der Waals surface area contributed by atoms with Gasteiger partial charge < -0.3 is 5.32 Å². The first-order chi connectivity index (χ1) is 11.1. The molecule has 136 valence electrons. The molecule has 1 amide bonds. The first-order valence-electron chi connectivity index (χ1n) is 7.52. The minimum absolute atomic E-state index is 0.0825. The molecule has 1 aromatic rings. The van der Waals surface area contributed by atoms with Gasteiger partial charge in [0.15, 0.2) is 17.5 Å². The van der Waals surface area contributed by atoms with E-state index in [1.165, 1.54) is 0 Å². The fourth-order valence-corrected chi connectivity index (χ4v) is 3.18. The van der Waals surface area contributed by atoms with Crippen molar-refractivity contribution >= 4 is 21.6 Å². The van der Waals surface area contributed by atoms with Gasteiger partial charge >= 0.3 is 0 Å². The maximum absolute atomic E-state index is 13.9. The second kappa shape index (κ2) is 8.36. The van der Waals surface area contributed by atoms with Crippen molar-refractivity contribution in [3.63, 3.8) is 0 Å². The molecule has 0 aliphatic heterocycles. The number of carbonyl (C=O) groups is 1. The average Bonchev–Trinajstić information content (AvgIpc) is 2.50. The van der Waals surface area contributed by atoms with Gasteiger partial charge in [-0.2, -0.15) is 0 Å². The van der Waals surface area contributed by atoms with Crippen molar-refractivity contribution in [1.29, 1.82) is 0 Å². The highest BCUT2D eigenvalue weighted by Gasteiger charge is 2.24. The number of amides is 1. The van der Waals surface area contributed by atoms with Crippen LogP contribution in [-0.2, 0) is 14.8 Å². The van der Waals surface area contributed by atoms with E-state index in [0.29, 0.717) is 23.2 Å². The van der Waals surface area contributed by atoms with Crippen LogP contribution in [0.3, 0.4) is 0 Å². The Bertz CT molecular complexity index is 691. The maximum Gasteiger partial charge on any atom is 0.232 e. The van der Waals surface area contributed by atoms with E-state index in [1.54, 1.807) is 0 Å². The molecule has 0 bridgehead atoms. The Morgan fingerprint density at radius 3 is 2.25 bits per heavy atom. The zero-order chi connectivity index (χ0) is 18.5. The molecule has 0 fully saturated rings. The van der Waals surface area contributed by atoms with Crippen molar-refractivity contribution in [2.75, 3.05) is 23.7 Å². The predicted octanol–water partition coefficient (Wildman–Crippen LogP) is 2.42. The molecule has 1 aromatic carbocycles. The third-order valence-electron chi connectivity index (χ3n) is 3.65. The van der Waals surface area contributed by atoms with Crippen molar-refractivity contribution in [2.24, 2.45) is 5.92 Å². The summed E-state index contributed by atoms with van der Waals surface area (Å²) in [6.45, 7) is 3.33. The van der Waals surface area contributed by atoms with E-state index in [0.717, 1.165) is 12.3 Å². The molecule has 24 heavy (non-hydrogen) atoms. The number of hydrogen-bond donors (Lipinski definition) is 1. The Labute approximate surface area is 139 Å². The molecule has 0 atom stereocenters. The van der Waals surface area contributed by atoms with Crippen LogP contribution in [0.25, 0.3) is 0 Å². The van der Waals surface area contributed by atoms with Crippen LogP contribution in [0.1, 0.15) is 26.7 Å². The molecule has 0 aromatic heterocycles. The summed E-state index contributed by atoms with van der Waals surface area (Å²) in [5.74, 6) is -5.18. The highest BCUT2D eigenvalue weighted by atomic mass is 32.2. The van der Waals surface area contributed by atoms with Crippen molar-refractivity contribution in [1.82, 2.24) is 5.32 Å². The second-order valence-electron chi connectivity index (χ2n) is 5.33. The van der Waals surface area contributed by atoms with Crippen LogP contribution >= 0.6 is 0 Å². The van der Waals surface area contributed by atoms with Crippen LogP contribution in [0.5, 0.6) is 0 Å². The SMILES string of the molecule is CCC(CC)C(=O)NCCN(c1ccc(F)c(F)c1F)S(C)(=O)=O. The lowest BCUT2D eigenvalue weighted by Crippen LogP contribution is -2.40. The van der Waals surface area contributed by atoms with Crippen LogP contribution in [0.2, 0.25) is 0 Å². The van der Waals surface area contributed by atoms with E-state index in [9.17, 15) is 26.4 Å². The Kier molecular flexibility index (Phi) is 7.07. The second-order valence-corrected chi connectivity index (χ2v) is 7.24. The van der Waals surface area contributed by atoms with E-state index in [-0.39, 0.29) is 24.9 Å². The first-order valence-corrected chi connectivity index (χ1v) is 9.37. The van der Waals surface area contributed by atoms with Gasteiger partial charge in [0.2, 0.25) is 15.9 Å². The van der Waals surface area contributed by atoms with E-state index in [1.807, 2.05) is 13.8 Å². The van der Waals surface area contributed by atoms with Gasteiger partial charge in [-0.1, -0.05) is 13.8 Å². The van der Waals surface area contributed by atoms with Gasteiger partial charge in [0, 0.05) is 12.5 Å². The number of benzene rings is 1. The Morgan fingerprint density at radius 1 is 1.17 bits per heavy atom. The maximum atomic E-state index is 13.9. The third-order valence-corrected chi connectivity index (χ3v) is 4.83. The van der Waals surface area contributed by atoms with E-state index >= 15 is 0 Å². The smallest absolute Gasteiger partial charge is 0.232 e. The summed E-state index contributed by atoms with van der Waals surface area (Å²) in [6.07, 6.45) is 2.09. The summed E-state index contributed by atoms with van der Waals surface area (Å²) in [4.78, 5) is 11.9. The average molecular weight is 366 g/mol. The van der Waals surface area contributed by atoms with Crippen LogP contribution in [0.15, 0.2) is 12.1 Å². The summed E-state index contributed by atoms with van der Waals surface area (Å²) >= 11 is 0. The molecule has 0 spiro atoms. The fraction of sp³-hybridized carbons (Fsp3) is 0.533. The van der Waals surface area contributed by atoms with Gasteiger partial charge in [-0.3, -0.25) is 9.10 Å². The number of sulfonamides is 1. The largest absolute Gasteiger partial charge is 0.354 e. The van der Waals surface area contributed by atoms with Crippen molar-refractivity contribution < 1.29 is 26.4 Å². The van der Waals surface area contributed by atoms with E-state index in [4.69, 9.17) is 0 Å². The number of rotatable bonds is 8. The Balaban J connectivity index is 2.94. The molecule has 0 aliphatic rings. The van der Waals surface area contributed by atoms with Gasteiger partial charge in [0.1, 0.15) is 0 Å². The van der Waals surface area contributed by atoms with Crippen LogP contribution in [-0.4, -0.2) is 33.7 Å². The summed E-state index contributed by atoms with van der Waals surface area (Å²) in [5.41, 5.74) is -0.604. The molecule has 0 aliphatic carbocycles. The van der Waals surface area contributed by atoms with Crippen molar-refractivity contribution in [3.05, 3.63) is 29.6 Å². The lowest BCUT2D eigenvalue weighted by molar-refractivity contribution is -0.125. The van der Waals surface area contributed by atoms with E-state index in [2.05, 4.69) is 5.32 Å². The van der Waals surface area contributed by atoms with Crippen LogP contribution in [0.4, 0.5) is 18.9 Å². The Morgan fingerprint density at radius 2 is 1.75 bits per heavy atom. The standard InChI is InChI=1S/C15H21F3N2O3S/c1-4-10(5-2)15(21)19-8-9-20(24(3,22)23)12-7-6-11(16)13(17)14(12)18/h6-7,10H,4-5,8-9H2,1-3H3,(H,19,21). The molecule has 0 heterocycles. The molecule has 5 nitrogen and oxygen atoms in total. The number of carbonyl (C=O) groups excluding carboxylic acids is 1. The van der Waals surface area contributed by atoms with Gasteiger partial charge in [-0.05, 0) is 25.0 Å². The predicted molar refractivity (Wildman–Crippen MR) is 85.6 cm³/mol. The molecule has 0 saturated carbocycles. The van der Waals surface area contributed by atoms with Crippen LogP contribution < -0.4 is 9.62 Å². The van der Waals surface area contributed by atoms with E-state index < -0.39 is 33.2 Å². The number of hydrogen-bond acceptors (Lipinski definition) is 3. The number of anilines is 1. The molecular formula is C15H21F3N2O3S. The van der Waals surface area contributed by atoms with Crippen LogP contribution in [0, 0.1) is 23.4 Å². The van der Waals surface area contributed by atoms with Gasteiger partial charge in [-0.25, -0.2) is 21.6 Å². The zero-order valence-electron chi connectivity index (χ0n) is 13.8. The molecule has 1 N–H and O–H groups in total. The quantitative estimate of drug-likeness (QED) is 0.719. The summed E-state index contributed by atoms with van der Waals surface area (Å²) < 4.78 is 64.5. The molecule has 0 radical (unpaired) electrons. The minimum Gasteiger partial charge on any atom is -0.354 e. The topological polar surface area (TPSA) is 66.5 Å². The molecule has 0 unspecified atom stereocenters. The number of nitrogens with zero attached hydrogens (tertiary/aromatic N) is 1. The third kappa shape index (κ3) is 4.86. The number of nitrogens with one attached hydrogen (secondary N) is 1. The van der Waals surface area contributed by atoms with Gasteiger partial charge in [-0.15, -0.1) is 0 Å². The van der Waals surface area contributed by atoms with Gasteiger partial charge in [0.05, 0.1) is 18.5 Å². The number of halogens is 3. The zero-order valence-corrected chi connectivity index (χ0v) is 14.6. The van der Waals surface area contributed by atoms with Crippen molar-refractivity contribution in [3.8, 4) is 0 Å². The Hall–Kier alpha value is -1.77. The highest BCUT2D eigenvalue weighted by molar-refractivity contribution is 7.92. The molecule has 1 rings (SSSR count). The van der Waals surface area contributed by atoms with Crippen molar-refractivity contribution in [2.45, 2.75) is 26.7 Å². The van der Waals surface area contributed by atoms with Gasteiger partial charge in [0.25, 0.3) is 0 Å². The molecule has 9 heteroatoms. The monoisotopic (exact) mass is 366 g/mol.